The van der Waals surface area contributed by atoms with Gasteiger partial charge in [-0.15, -0.1) is 11.6 Å². The second-order valence-corrected chi connectivity index (χ2v) is 7.02. The van der Waals surface area contributed by atoms with Gasteiger partial charge in [0.1, 0.15) is 5.82 Å². The molecule has 19 heavy (non-hydrogen) atoms. The highest BCUT2D eigenvalue weighted by Crippen LogP contribution is 2.18. The summed E-state index contributed by atoms with van der Waals surface area (Å²) in [5.41, 5.74) is 0.282. The summed E-state index contributed by atoms with van der Waals surface area (Å²) in [4.78, 5) is 11.6. The number of carbonyl (C=O) groups is 1. The maximum atomic E-state index is 12.9. The number of hydrogen-bond donors (Lipinski definition) is 2. The molecule has 2 atom stereocenters. The molecule has 1 heterocycles. The summed E-state index contributed by atoms with van der Waals surface area (Å²) in [5.74, 6) is -0.812. The minimum absolute atomic E-state index is 0.153. The van der Waals surface area contributed by atoms with Crippen LogP contribution in [0.15, 0.2) is 24.3 Å². The molecular weight excluding hydrogens is 295 g/mol. The monoisotopic (exact) mass is 306 g/mol. The van der Waals surface area contributed by atoms with Gasteiger partial charge in [-0.2, -0.15) is 0 Å². The maximum Gasteiger partial charge on any atom is 0.319 e. The number of halogens is 2. The summed E-state index contributed by atoms with van der Waals surface area (Å²) in [5, 5.41) is 4.23. The van der Waals surface area contributed by atoms with E-state index >= 15 is 0 Å². The Morgan fingerprint density at radius 1 is 1.37 bits per heavy atom. The minimum Gasteiger partial charge on any atom is -0.333 e. The lowest BCUT2D eigenvalue weighted by Gasteiger charge is -2.15. The van der Waals surface area contributed by atoms with Gasteiger partial charge in [0.2, 0.25) is 0 Å². The lowest BCUT2D eigenvalue weighted by molar-refractivity contribution is 0.249. The smallest absolute Gasteiger partial charge is 0.319 e. The highest BCUT2D eigenvalue weighted by atomic mass is 35.5. The zero-order chi connectivity index (χ0) is 14.0. The van der Waals surface area contributed by atoms with E-state index in [1.54, 1.807) is 0 Å². The summed E-state index contributed by atoms with van der Waals surface area (Å²) >= 11 is 5.85. The Hall–Kier alpha value is -1.34. The average molecular weight is 307 g/mol. The third-order valence-corrected chi connectivity index (χ3v) is 5.06. The Bertz CT molecular complexity index is 593. The molecule has 1 aromatic carbocycles. The Labute approximate surface area is 115 Å². The standard InChI is InChI=1S/C11H12ClFN2O3S/c12-9-5-19(17,18)6-10(9)15-11(16)14-8-3-1-2-7(13)4-8/h1-4,9-10H,5-6H2,(H2,14,15,16). The molecule has 0 spiro atoms. The molecule has 2 amide bonds. The largest absolute Gasteiger partial charge is 0.333 e. The summed E-state index contributed by atoms with van der Waals surface area (Å²) < 4.78 is 35.6. The molecule has 0 bridgehead atoms. The second-order valence-electron chi connectivity index (χ2n) is 4.31. The van der Waals surface area contributed by atoms with Crippen molar-refractivity contribution >= 4 is 33.2 Å². The van der Waals surface area contributed by atoms with Crippen molar-refractivity contribution in [2.24, 2.45) is 0 Å². The van der Waals surface area contributed by atoms with Gasteiger partial charge in [0.15, 0.2) is 9.84 Å². The third-order valence-electron chi connectivity index (χ3n) is 2.68. The van der Waals surface area contributed by atoms with Gasteiger partial charge < -0.3 is 10.6 Å². The first-order valence-electron chi connectivity index (χ1n) is 5.53. The molecule has 0 radical (unpaired) electrons. The van der Waals surface area contributed by atoms with Crippen LogP contribution in [0.5, 0.6) is 0 Å². The molecule has 1 aromatic rings. The number of alkyl halides is 1. The van der Waals surface area contributed by atoms with E-state index in [1.165, 1.54) is 18.2 Å². The van der Waals surface area contributed by atoms with Crippen LogP contribution in [-0.4, -0.2) is 37.4 Å². The van der Waals surface area contributed by atoms with E-state index in [0.717, 1.165) is 6.07 Å². The third kappa shape index (κ3) is 3.81. The van der Waals surface area contributed by atoms with E-state index in [1.807, 2.05) is 0 Å². The molecule has 2 N–H and O–H groups in total. The molecule has 1 saturated heterocycles. The topological polar surface area (TPSA) is 75.3 Å². The minimum atomic E-state index is -3.20. The Morgan fingerprint density at radius 3 is 2.68 bits per heavy atom. The van der Waals surface area contributed by atoms with Gasteiger partial charge in [0.05, 0.1) is 22.9 Å². The molecular formula is C11H12ClFN2O3S. The number of carbonyl (C=O) groups excluding carboxylic acids is 1. The van der Waals surface area contributed by atoms with E-state index in [0.29, 0.717) is 0 Å². The van der Waals surface area contributed by atoms with Crippen molar-refractivity contribution in [2.75, 3.05) is 16.8 Å². The number of amides is 2. The van der Waals surface area contributed by atoms with Crippen molar-refractivity contribution in [3.05, 3.63) is 30.1 Å². The van der Waals surface area contributed by atoms with Crippen LogP contribution in [0.3, 0.4) is 0 Å². The Morgan fingerprint density at radius 2 is 2.11 bits per heavy atom. The van der Waals surface area contributed by atoms with E-state index < -0.39 is 33.1 Å². The van der Waals surface area contributed by atoms with Gasteiger partial charge in [0, 0.05) is 5.69 Å². The molecule has 5 nitrogen and oxygen atoms in total. The van der Waals surface area contributed by atoms with Crippen LogP contribution in [-0.2, 0) is 9.84 Å². The molecule has 2 unspecified atom stereocenters. The maximum absolute atomic E-state index is 12.9. The van der Waals surface area contributed by atoms with Crippen molar-refractivity contribution in [3.8, 4) is 0 Å². The van der Waals surface area contributed by atoms with Crippen LogP contribution in [0.4, 0.5) is 14.9 Å². The van der Waals surface area contributed by atoms with Crippen molar-refractivity contribution < 1.29 is 17.6 Å². The van der Waals surface area contributed by atoms with Crippen LogP contribution in [0, 0.1) is 5.82 Å². The van der Waals surface area contributed by atoms with Crippen molar-refractivity contribution in [3.63, 3.8) is 0 Å². The van der Waals surface area contributed by atoms with Gasteiger partial charge >= 0.3 is 6.03 Å². The number of hydrogen-bond acceptors (Lipinski definition) is 3. The van der Waals surface area contributed by atoms with Gasteiger partial charge in [0.25, 0.3) is 0 Å². The quantitative estimate of drug-likeness (QED) is 0.810. The SMILES string of the molecule is O=C(Nc1cccc(F)c1)NC1CS(=O)(=O)CC1Cl. The van der Waals surface area contributed by atoms with E-state index in [4.69, 9.17) is 11.6 Å². The fourth-order valence-electron chi connectivity index (χ4n) is 1.84. The van der Waals surface area contributed by atoms with Crippen molar-refractivity contribution in [2.45, 2.75) is 11.4 Å². The predicted molar refractivity (Wildman–Crippen MR) is 70.6 cm³/mol. The van der Waals surface area contributed by atoms with Crippen LogP contribution in [0.2, 0.25) is 0 Å². The lowest BCUT2D eigenvalue weighted by Crippen LogP contribution is -2.42. The number of urea groups is 1. The van der Waals surface area contributed by atoms with Gasteiger partial charge in [-0.05, 0) is 18.2 Å². The van der Waals surface area contributed by atoms with Gasteiger partial charge in [-0.1, -0.05) is 6.07 Å². The summed E-state index contributed by atoms with van der Waals surface area (Å²) in [7, 11) is -3.20. The molecule has 0 aromatic heterocycles. The van der Waals surface area contributed by atoms with E-state index in [2.05, 4.69) is 10.6 Å². The molecule has 2 rings (SSSR count). The molecule has 8 heteroatoms. The molecule has 0 saturated carbocycles. The molecule has 104 valence electrons. The summed E-state index contributed by atoms with van der Waals surface area (Å²) in [6.07, 6.45) is 0. The van der Waals surface area contributed by atoms with Crippen molar-refractivity contribution in [1.82, 2.24) is 5.32 Å². The lowest BCUT2D eigenvalue weighted by atomic mass is 10.2. The number of benzene rings is 1. The number of nitrogens with one attached hydrogen (secondary N) is 2. The first kappa shape index (κ1) is 14.1. The second kappa shape index (κ2) is 5.34. The van der Waals surface area contributed by atoms with Crippen LogP contribution in [0.1, 0.15) is 0 Å². The Kier molecular flexibility index (Phi) is 3.96. The van der Waals surface area contributed by atoms with Gasteiger partial charge in [-0.3, -0.25) is 0 Å². The highest BCUT2D eigenvalue weighted by molar-refractivity contribution is 7.91. The fourth-order valence-corrected chi connectivity index (χ4v) is 4.39. The molecule has 1 aliphatic rings. The van der Waals surface area contributed by atoms with Crippen LogP contribution >= 0.6 is 11.6 Å². The Balaban J connectivity index is 1.95. The fraction of sp³-hybridized carbons (Fsp3) is 0.364. The van der Waals surface area contributed by atoms with Gasteiger partial charge in [-0.25, -0.2) is 17.6 Å². The summed E-state index contributed by atoms with van der Waals surface area (Å²) in [6.45, 7) is 0. The van der Waals surface area contributed by atoms with E-state index in [-0.39, 0.29) is 17.2 Å². The van der Waals surface area contributed by atoms with Crippen LogP contribution in [0.25, 0.3) is 0 Å². The normalized spacial score (nSPS) is 24.9. The molecule has 1 fully saturated rings. The number of anilines is 1. The first-order valence-corrected chi connectivity index (χ1v) is 7.79. The first-order chi connectivity index (χ1) is 8.85. The number of rotatable bonds is 2. The molecule has 0 aliphatic carbocycles. The molecule has 1 aliphatic heterocycles. The summed E-state index contributed by atoms with van der Waals surface area (Å²) in [6, 6.07) is 4.13. The van der Waals surface area contributed by atoms with Crippen LogP contribution < -0.4 is 10.6 Å². The highest BCUT2D eigenvalue weighted by Gasteiger charge is 2.37. The van der Waals surface area contributed by atoms with Crippen molar-refractivity contribution in [1.29, 1.82) is 0 Å². The average Bonchev–Trinajstić information content (AvgIpc) is 2.51. The van der Waals surface area contributed by atoms with E-state index in [9.17, 15) is 17.6 Å². The predicted octanol–water partition coefficient (Wildman–Crippen LogP) is 1.35. The zero-order valence-corrected chi connectivity index (χ0v) is 11.3. The zero-order valence-electron chi connectivity index (χ0n) is 9.77. The number of sulfone groups is 1.